The highest BCUT2D eigenvalue weighted by atomic mass is 19.1. The van der Waals surface area contributed by atoms with Crippen molar-refractivity contribution >= 4 is 16.7 Å². The topological polar surface area (TPSA) is 57.4 Å². The third-order valence-corrected chi connectivity index (χ3v) is 8.13. The van der Waals surface area contributed by atoms with Crippen LogP contribution in [0, 0.1) is 17.6 Å². The van der Waals surface area contributed by atoms with Crippen molar-refractivity contribution in [1.82, 2.24) is 15.2 Å². The maximum absolute atomic E-state index is 15.9. The van der Waals surface area contributed by atoms with Crippen LogP contribution in [0.1, 0.15) is 45.7 Å². The molecule has 0 spiro atoms. The minimum atomic E-state index is -1.38. The van der Waals surface area contributed by atoms with Crippen molar-refractivity contribution in [3.05, 3.63) is 106 Å². The van der Waals surface area contributed by atoms with E-state index in [9.17, 15) is 4.79 Å². The van der Waals surface area contributed by atoms with E-state index in [0.717, 1.165) is 34.2 Å². The van der Waals surface area contributed by atoms with Crippen LogP contribution in [-0.2, 0) is 17.8 Å². The van der Waals surface area contributed by atoms with Crippen LogP contribution in [-0.4, -0.2) is 54.1 Å². The SMILES string of the molecule is C[C@@H]1Cc2c([nH]c3ccccc23)[C@@H](c2c(F)cc(C(=O)C3CNC3)cc2F)N1CC(F)COCc1ccccc1. The number of nitrogens with one attached hydrogen (secondary N) is 2. The Kier molecular flexibility index (Phi) is 7.49. The number of fused-ring (bicyclic) bond motifs is 3. The molecule has 0 amide bonds. The minimum absolute atomic E-state index is 0.0233. The molecule has 2 aliphatic rings. The highest BCUT2D eigenvalue weighted by molar-refractivity contribution is 5.98. The molecule has 5 nitrogen and oxygen atoms in total. The molecule has 8 heteroatoms. The lowest BCUT2D eigenvalue weighted by Gasteiger charge is -2.41. The molecule has 0 saturated carbocycles. The number of alkyl halides is 1. The van der Waals surface area contributed by atoms with Crippen LogP contribution in [0.2, 0.25) is 0 Å². The number of ether oxygens (including phenoxy) is 1. The Bertz CT molecular complexity index is 1500. The van der Waals surface area contributed by atoms with Gasteiger partial charge in [0.15, 0.2) is 5.78 Å². The first-order valence-electron chi connectivity index (χ1n) is 13.8. The molecular weight excluding hydrogens is 515 g/mol. The van der Waals surface area contributed by atoms with Gasteiger partial charge in [-0.2, -0.15) is 0 Å². The van der Waals surface area contributed by atoms with Gasteiger partial charge in [-0.05, 0) is 42.7 Å². The molecule has 0 aliphatic carbocycles. The van der Waals surface area contributed by atoms with E-state index in [4.69, 9.17) is 4.74 Å². The number of aromatic amines is 1. The molecule has 40 heavy (non-hydrogen) atoms. The van der Waals surface area contributed by atoms with Crippen molar-refractivity contribution in [2.24, 2.45) is 5.92 Å². The number of benzene rings is 3. The zero-order valence-electron chi connectivity index (χ0n) is 22.3. The van der Waals surface area contributed by atoms with Crippen LogP contribution < -0.4 is 5.32 Å². The van der Waals surface area contributed by atoms with Gasteiger partial charge in [-0.25, -0.2) is 13.2 Å². The molecule has 3 atom stereocenters. The van der Waals surface area contributed by atoms with Crippen LogP contribution in [0.25, 0.3) is 10.9 Å². The fourth-order valence-corrected chi connectivity index (χ4v) is 5.96. The Morgan fingerprint density at radius 3 is 2.45 bits per heavy atom. The molecule has 3 heterocycles. The van der Waals surface area contributed by atoms with Crippen LogP contribution in [0.15, 0.2) is 66.7 Å². The van der Waals surface area contributed by atoms with Gasteiger partial charge in [0.1, 0.15) is 17.8 Å². The molecule has 1 saturated heterocycles. The summed E-state index contributed by atoms with van der Waals surface area (Å²) < 4.78 is 52.8. The monoisotopic (exact) mass is 547 g/mol. The molecule has 4 aromatic rings. The minimum Gasteiger partial charge on any atom is -0.374 e. The van der Waals surface area contributed by atoms with E-state index in [1.807, 2.05) is 66.4 Å². The van der Waals surface area contributed by atoms with E-state index in [1.54, 1.807) is 0 Å². The predicted molar refractivity (Wildman–Crippen MR) is 148 cm³/mol. The number of halogens is 3. The van der Waals surface area contributed by atoms with E-state index in [1.165, 1.54) is 0 Å². The van der Waals surface area contributed by atoms with E-state index in [2.05, 4.69) is 10.3 Å². The molecule has 1 aromatic heterocycles. The fourth-order valence-electron chi connectivity index (χ4n) is 5.96. The number of para-hydroxylation sites is 1. The maximum Gasteiger partial charge on any atom is 0.168 e. The summed E-state index contributed by atoms with van der Waals surface area (Å²) in [7, 11) is 0. The number of ketones is 1. The van der Waals surface area contributed by atoms with Crippen molar-refractivity contribution < 1.29 is 22.7 Å². The van der Waals surface area contributed by atoms with Crippen molar-refractivity contribution in [3.63, 3.8) is 0 Å². The molecule has 0 radical (unpaired) electrons. The number of carbonyl (C=O) groups is 1. The first-order valence-corrected chi connectivity index (χ1v) is 13.8. The van der Waals surface area contributed by atoms with Crippen molar-refractivity contribution in [2.45, 2.75) is 38.2 Å². The average molecular weight is 548 g/mol. The van der Waals surface area contributed by atoms with Crippen LogP contribution in [0.5, 0.6) is 0 Å². The van der Waals surface area contributed by atoms with Gasteiger partial charge in [-0.1, -0.05) is 48.5 Å². The van der Waals surface area contributed by atoms with E-state index in [0.29, 0.717) is 25.2 Å². The number of Topliss-reactive ketones (excluding diaryl/α,β-unsaturated/α-hetero) is 1. The number of carbonyl (C=O) groups excluding carboxylic acids is 1. The lowest BCUT2D eigenvalue weighted by Crippen LogP contribution is -2.47. The molecule has 1 fully saturated rings. The number of hydrogen-bond acceptors (Lipinski definition) is 4. The van der Waals surface area contributed by atoms with Crippen molar-refractivity contribution in [3.8, 4) is 0 Å². The van der Waals surface area contributed by atoms with Gasteiger partial charge in [-0.15, -0.1) is 0 Å². The Hall–Kier alpha value is -3.46. The largest absolute Gasteiger partial charge is 0.374 e. The van der Waals surface area contributed by atoms with Gasteiger partial charge >= 0.3 is 0 Å². The lowest BCUT2D eigenvalue weighted by atomic mass is 9.86. The van der Waals surface area contributed by atoms with E-state index in [-0.39, 0.29) is 48.6 Å². The van der Waals surface area contributed by atoms with Crippen molar-refractivity contribution in [1.29, 1.82) is 0 Å². The maximum atomic E-state index is 15.9. The Morgan fingerprint density at radius 1 is 1.05 bits per heavy atom. The van der Waals surface area contributed by atoms with Crippen LogP contribution in [0.3, 0.4) is 0 Å². The van der Waals surface area contributed by atoms with Gasteiger partial charge in [0.2, 0.25) is 0 Å². The average Bonchev–Trinajstić information content (AvgIpc) is 3.27. The zero-order chi connectivity index (χ0) is 27.8. The molecule has 0 bridgehead atoms. The number of hydrogen-bond donors (Lipinski definition) is 2. The summed E-state index contributed by atoms with van der Waals surface area (Å²) in [5.41, 5.74) is 3.27. The standard InChI is InChI=1S/C32H32F3N3O2/c1-19-11-25-24-9-5-6-10-28(24)37-30(25)31(38(19)16-23(33)18-40-17-20-7-3-2-4-8-20)29-26(34)12-21(13-27(29)35)32(39)22-14-36-15-22/h2-10,12-13,19,22-23,31,36-37H,11,14-18H2,1H3/t19-,23?,31-/m1/s1. The molecule has 2 aliphatic heterocycles. The molecule has 2 N–H and O–H groups in total. The van der Waals surface area contributed by atoms with Gasteiger partial charge in [0, 0.05) is 59.3 Å². The van der Waals surface area contributed by atoms with E-state index < -0.39 is 23.8 Å². The molecule has 3 aromatic carbocycles. The smallest absolute Gasteiger partial charge is 0.168 e. The Balaban J connectivity index is 1.33. The van der Waals surface area contributed by atoms with Gasteiger partial charge in [0.05, 0.1) is 19.3 Å². The number of rotatable bonds is 9. The second-order valence-electron chi connectivity index (χ2n) is 10.9. The Labute approximate surface area is 231 Å². The van der Waals surface area contributed by atoms with Gasteiger partial charge in [-0.3, -0.25) is 9.69 Å². The first-order chi connectivity index (χ1) is 19.4. The van der Waals surface area contributed by atoms with Gasteiger partial charge in [0.25, 0.3) is 0 Å². The molecule has 208 valence electrons. The van der Waals surface area contributed by atoms with E-state index >= 15 is 13.2 Å². The number of aromatic nitrogens is 1. The summed E-state index contributed by atoms with van der Waals surface area (Å²) in [4.78, 5) is 17.9. The summed E-state index contributed by atoms with van der Waals surface area (Å²) in [6.45, 7) is 3.02. The third-order valence-electron chi connectivity index (χ3n) is 8.13. The summed E-state index contributed by atoms with van der Waals surface area (Å²) >= 11 is 0. The second-order valence-corrected chi connectivity index (χ2v) is 10.9. The normalized spacial score (nSPS) is 20.3. The number of H-pyrrole nitrogens is 1. The van der Waals surface area contributed by atoms with Gasteiger partial charge < -0.3 is 15.0 Å². The summed E-state index contributed by atoms with van der Waals surface area (Å²) in [6.07, 6.45) is -0.778. The fraction of sp³-hybridized carbons (Fsp3) is 0.344. The highest BCUT2D eigenvalue weighted by Crippen LogP contribution is 2.42. The Morgan fingerprint density at radius 2 is 1.75 bits per heavy atom. The lowest BCUT2D eigenvalue weighted by molar-refractivity contribution is 0.0327. The summed E-state index contributed by atoms with van der Waals surface area (Å²) in [6, 6.07) is 18.4. The zero-order valence-corrected chi connectivity index (χ0v) is 22.3. The molecular formula is C32H32F3N3O2. The van der Waals surface area contributed by atoms with Crippen LogP contribution >= 0.6 is 0 Å². The molecule has 6 rings (SSSR count). The van der Waals surface area contributed by atoms with Crippen molar-refractivity contribution in [2.75, 3.05) is 26.2 Å². The summed E-state index contributed by atoms with van der Waals surface area (Å²) in [5.74, 6) is -2.16. The second kappa shape index (κ2) is 11.2. The highest BCUT2D eigenvalue weighted by Gasteiger charge is 2.40. The third kappa shape index (κ3) is 5.07. The summed E-state index contributed by atoms with van der Waals surface area (Å²) in [5, 5.41) is 4.00. The van der Waals surface area contributed by atoms with Crippen LogP contribution in [0.4, 0.5) is 13.2 Å². The first kappa shape index (κ1) is 26.7. The number of nitrogens with zero attached hydrogens (tertiary/aromatic N) is 1. The predicted octanol–water partition coefficient (Wildman–Crippen LogP) is 5.74. The quantitative estimate of drug-likeness (QED) is 0.263. The molecule has 1 unspecified atom stereocenters.